The van der Waals surface area contributed by atoms with Gasteiger partial charge in [-0.25, -0.2) is 0 Å². The minimum Gasteiger partial charge on any atom is -0.399 e. The fourth-order valence-corrected chi connectivity index (χ4v) is 3.18. The Morgan fingerprint density at radius 1 is 1.13 bits per heavy atom. The van der Waals surface area contributed by atoms with E-state index in [1.165, 1.54) is 9.77 Å². The van der Waals surface area contributed by atoms with Crippen LogP contribution in [0.3, 0.4) is 0 Å². The van der Waals surface area contributed by atoms with Crippen molar-refractivity contribution in [1.82, 2.24) is 0 Å². The average Bonchev–Trinajstić information content (AvgIpc) is 2.64. The lowest BCUT2D eigenvalue weighted by molar-refractivity contribution is 1.43. The molecule has 0 atom stereocenters. The molecule has 0 fully saturated rings. The van der Waals surface area contributed by atoms with Crippen molar-refractivity contribution in [3.63, 3.8) is 0 Å². The van der Waals surface area contributed by atoms with Gasteiger partial charge in [0.15, 0.2) is 0 Å². The van der Waals surface area contributed by atoms with Crippen LogP contribution in [0.1, 0.15) is 4.88 Å². The molecule has 0 aliphatic heterocycles. The zero-order valence-electron chi connectivity index (χ0n) is 7.94. The van der Waals surface area contributed by atoms with Gasteiger partial charge < -0.3 is 5.73 Å². The number of nitrogen functional groups attached to an aromatic ring is 1. The van der Waals surface area contributed by atoms with Crippen molar-refractivity contribution in [2.45, 2.75) is 10.6 Å². The maximum atomic E-state index is 5.86. The van der Waals surface area contributed by atoms with Gasteiger partial charge in [-0.2, -0.15) is 0 Å². The first kappa shape index (κ1) is 10.9. The van der Waals surface area contributed by atoms with Crippen LogP contribution in [-0.4, -0.2) is 0 Å². The van der Waals surface area contributed by atoms with Crippen molar-refractivity contribution >= 4 is 40.4 Å². The fourth-order valence-electron chi connectivity index (χ4n) is 1.15. The van der Waals surface area contributed by atoms with Crippen LogP contribution in [-0.2, 0) is 5.75 Å². The third kappa shape index (κ3) is 3.16. The van der Waals surface area contributed by atoms with Crippen LogP contribution in [0.4, 0.5) is 5.69 Å². The molecular weight excluding hydrogens is 246 g/mol. The van der Waals surface area contributed by atoms with Crippen molar-refractivity contribution in [1.29, 1.82) is 0 Å². The molecule has 4 heteroatoms. The summed E-state index contributed by atoms with van der Waals surface area (Å²) in [5.74, 6) is 0.960. The summed E-state index contributed by atoms with van der Waals surface area (Å²) >= 11 is 9.28. The number of nitrogens with two attached hydrogens (primary N) is 1. The van der Waals surface area contributed by atoms with E-state index in [0.29, 0.717) is 0 Å². The van der Waals surface area contributed by atoms with E-state index in [0.717, 1.165) is 15.8 Å². The van der Waals surface area contributed by atoms with Crippen molar-refractivity contribution in [3.05, 3.63) is 45.6 Å². The first-order valence-corrected chi connectivity index (χ1v) is 6.64. The van der Waals surface area contributed by atoms with E-state index in [-0.39, 0.29) is 0 Å². The van der Waals surface area contributed by atoms with Crippen LogP contribution in [0.25, 0.3) is 0 Å². The van der Waals surface area contributed by atoms with Crippen molar-refractivity contribution in [2.24, 2.45) is 0 Å². The van der Waals surface area contributed by atoms with E-state index >= 15 is 0 Å². The summed E-state index contributed by atoms with van der Waals surface area (Å²) in [6.45, 7) is 0. The monoisotopic (exact) mass is 255 g/mol. The van der Waals surface area contributed by atoms with Crippen molar-refractivity contribution in [3.8, 4) is 0 Å². The van der Waals surface area contributed by atoms with E-state index in [1.807, 2.05) is 30.3 Å². The third-order valence-electron chi connectivity index (χ3n) is 1.89. The van der Waals surface area contributed by atoms with Crippen LogP contribution in [0.15, 0.2) is 41.3 Å². The highest BCUT2D eigenvalue weighted by Gasteiger charge is 1.99. The Kier molecular flexibility index (Phi) is 3.57. The van der Waals surface area contributed by atoms with Gasteiger partial charge in [-0.05, 0) is 36.4 Å². The number of benzene rings is 1. The highest BCUT2D eigenvalue weighted by Crippen LogP contribution is 2.29. The highest BCUT2D eigenvalue weighted by atomic mass is 35.5. The summed E-state index contributed by atoms with van der Waals surface area (Å²) in [6.07, 6.45) is 0. The molecule has 0 spiro atoms. The molecule has 0 unspecified atom stereocenters. The number of rotatable bonds is 3. The van der Waals surface area contributed by atoms with Crippen LogP contribution in [0.2, 0.25) is 4.34 Å². The standard InChI is InChI=1S/C11H10ClNS2/c12-11-6-5-10(15-11)7-14-9-3-1-8(13)2-4-9/h1-6H,7,13H2. The second-order valence-corrected chi connectivity index (χ2v) is 5.91. The molecule has 0 aliphatic carbocycles. The molecule has 0 bridgehead atoms. The van der Waals surface area contributed by atoms with E-state index in [2.05, 4.69) is 6.07 Å². The van der Waals surface area contributed by atoms with Gasteiger partial charge in [0.1, 0.15) is 0 Å². The number of hydrogen-bond donors (Lipinski definition) is 1. The van der Waals surface area contributed by atoms with E-state index in [1.54, 1.807) is 23.1 Å². The maximum Gasteiger partial charge on any atom is 0.0931 e. The van der Waals surface area contributed by atoms with Crippen molar-refractivity contribution < 1.29 is 0 Å². The first-order chi connectivity index (χ1) is 7.24. The van der Waals surface area contributed by atoms with E-state index < -0.39 is 0 Å². The summed E-state index contributed by atoms with van der Waals surface area (Å²) in [6, 6.07) is 11.9. The molecule has 1 aromatic heterocycles. The number of thiophene rings is 1. The number of thioether (sulfide) groups is 1. The normalized spacial score (nSPS) is 10.5. The molecule has 0 saturated heterocycles. The van der Waals surface area contributed by atoms with Gasteiger partial charge in [0.25, 0.3) is 0 Å². The predicted octanol–water partition coefficient (Wildman–Crippen LogP) is 4.28. The quantitative estimate of drug-likeness (QED) is 0.655. The number of halogens is 1. The third-order valence-corrected chi connectivity index (χ3v) is 4.36. The Labute approximate surface area is 102 Å². The van der Waals surface area contributed by atoms with Crippen molar-refractivity contribution in [2.75, 3.05) is 5.73 Å². The van der Waals surface area contributed by atoms with Gasteiger partial charge in [-0.15, -0.1) is 23.1 Å². The average molecular weight is 256 g/mol. The summed E-state index contributed by atoms with van der Waals surface area (Å²) in [4.78, 5) is 2.52. The molecule has 2 N–H and O–H groups in total. The van der Waals surface area contributed by atoms with Crippen LogP contribution in [0.5, 0.6) is 0 Å². The number of anilines is 1. The van der Waals surface area contributed by atoms with E-state index in [4.69, 9.17) is 17.3 Å². The molecule has 78 valence electrons. The fraction of sp³-hybridized carbons (Fsp3) is 0.0909. The van der Waals surface area contributed by atoms with Gasteiger partial charge >= 0.3 is 0 Å². The molecule has 2 aromatic rings. The summed E-state index contributed by atoms with van der Waals surface area (Å²) < 4.78 is 0.850. The Balaban J connectivity index is 1.96. The largest absolute Gasteiger partial charge is 0.399 e. The van der Waals surface area contributed by atoms with Gasteiger partial charge in [-0.3, -0.25) is 0 Å². The molecular formula is C11H10ClNS2. The Hall–Kier alpha value is -0.640. The van der Waals surface area contributed by atoms with Crippen LogP contribution < -0.4 is 5.73 Å². The lowest BCUT2D eigenvalue weighted by Gasteiger charge is -1.99. The summed E-state index contributed by atoms with van der Waals surface area (Å²) in [5, 5.41) is 0. The molecule has 1 nitrogen and oxygen atoms in total. The highest BCUT2D eigenvalue weighted by molar-refractivity contribution is 7.98. The summed E-state index contributed by atoms with van der Waals surface area (Å²) in [7, 11) is 0. The predicted molar refractivity (Wildman–Crippen MR) is 69.7 cm³/mol. The van der Waals surface area contributed by atoms with Gasteiger partial charge in [0, 0.05) is 21.2 Å². The molecule has 0 amide bonds. The molecule has 0 aliphatic rings. The molecule has 1 aromatic carbocycles. The summed E-state index contributed by atoms with van der Waals surface area (Å²) in [5.41, 5.74) is 6.42. The molecule has 15 heavy (non-hydrogen) atoms. The lowest BCUT2D eigenvalue weighted by atomic mass is 10.3. The Bertz CT molecular complexity index is 436. The maximum absolute atomic E-state index is 5.86. The molecule has 2 rings (SSSR count). The van der Waals surface area contributed by atoms with E-state index in [9.17, 15) is 0 Å². The topological polar surface area (TPSA) is 26.0 Å². The van der Waals surface area contributed by atoms with Gasteiger partial charge in [0.2, 0.25) is 0 Å². The van der Waals surface area contributed by atoms with Crippen LogP contribution >= 0.6 is 34.7 Å². The van der Waals surface area contributed by atoms with Crippen LogP contribution in [0, 0.1) is 0 Å². The first-order valence-electron chi connectivity index (χ1n) is 4.46. The van der Waals surface area contributed by atoms with Gasteiger partial charge in [-0.1, -0.05) is 11.6 Å². The zero-order valence-corrected chi connectivity index (χ0v) is 10.3. The minimum atomic E-state index is 0.804. The second kappa shape index (κ2) is 4.92. The smallest absolute Gasteiger partial charge is 0.0931 e. The SMILES string of the molecule is Nc1ccc(SCc2ccc(Cl)s2)cc1. The molecule has 0 saturated carbocycles. The second-order valence-electron chi connectivity index (χ2n) is 3.06. The number of hydrogen-bond acceptors (Lipinski definition) is 3. The lowest BCUT2D eigenvalue weighted by Crippen LogP contribution is -1.82. The van der Waals surface area contributed by atoms with Gasteiger partial charge in [0.05, 0.1) is 4.34 Å². The minimum absolute atomic E-state index is 0.804. The zero-order chi connectivity index (χ0) is 10.7. The molecule has 0 radical (unpaired) electrons. The Morgan fingerprint density at radius 2 is 1.87 bits per heavy atom. The Morgan fingerprint density at radius 3 is 2.47 bits per heavy atom. The molecule has 1 heterocycles.